The van der Waals surface area contributed by atoms with Crippen molar-refractivity contribution in [1.82, 2.24) is 0 Å². The van der Waals surface area contributed by atoms with Gasteiger partial charge in [-0.3, -0.25) is 9.59 Å². The average Bonchev–Trinajstić information content (AvgIpc) is 3.34. The van der Waals surface area contributed by atoms with Crippen molar-refractivity contribution in [2.45, 2.75) is 5.41 Å². The Morgan fingerprint density at radius 2 is 0.857 bits per heavy atom. The predicted molar refractivity (Wildman–Crippen MR) is 165 cm³/mol. The molecule has 1 aliphatic heterocycles. The fourth-order valence-corrected chi connectivity index (χ4v) is 7.55. The van der Waals surface area contributed by atoms with Crippen molar-refractivity contribution in [3.05, 3.63) is 184 Å². The van der Waals surface area contributed by atoms with Gasteiger partial charge in [-0.05, 0) is 69.8 Å². The van der Waals surface area contributed by atoms with E-state index in [-0.39, 0.29) is 11.6 Å². The number of anilines is 3. The van der Waals surface area contributed by atoms with Crippen LogP contribution in [0.1, 0.15) is 54.1 Å². The van der Waals surface area contributed by atoms with Crippen LogP contribution in [0, 0.1) is 0 Å². The van der Waals surface area contributed by atoms with E-state index in [1.165, 1.54) is 0 Å². The topological polar surface area (TPSA) is 37.4 Å². The van der Waals surface area contributed by atoms with Gasteiger partial charge in [0.15, 0.2) is 11.6 Å². The van der Waals surface area contributed by atoms with Crippen LogP contribution in [0.2, 0.25) is 0 Å². The Balaban J connectivity index is 1.42. The predicted octanol–water partition coefficient (Wildman–Crippen LogP) is 8.61. The molecule has 42 heavy (non-hydrogen) atoms. The molecule has 1 heterocycles. The Morgan fingerprint density at radius 1 is 0.381 bits per heavy atom. The second-order valence-corrected chi connectivity index (χ2v) is 11.1. The van der Waals surface area contributed by atoms with Gasteiger partial charge in [0.2, 0.25) is 0 Å². The van der Waals surface area contributed by atoms with Crippen LogP contribution in [0.25, 0.3) is 11.1 Å². The summed E-state index contributed by atoms with van der Waals surface area (Å²) < 4.78 is 0. The summed E-state index contributed by atoms with van der Waals surface area (Å²) >= 11 is 0. The molecule has 0 saturated carbocycles. The number of rotatable bonds is 1. The molecular formula is C39H23NO2. The van der Waals surface area contributed by atoms with Gasteiger partial charge in [0.25, 0.3) is 0 Å². The maximum atomic E-state index is 14.0. The molecular weight excluding hydrogens is 514 g/mol. The van der Waals surface area contributed by atoms with Gasteiger partial charge in [-0.1, -0.05) is 103 Å². The van der Waals surface area contributed by atoms with E-state index >= 15 is 0 Å². The van der Waals surface area contributed by atoms with Crippen LogP contribution >= 0.6 is 0 Å². The van der Waals surface area contributed by atoms with E-state index in [1.807, 2.05) is 30.3 Å². The van der Waals surface area contributed by atoms with Crippen molar-refractivity contribution < 1.29 is 9.59 Å². The Kier molecular flexibility index (Phi) is 4.55. The minimum absolute atomic E-state index is 0.0962. The molecule has 3 nitrogen and oxygen atoms in total. The van der Waals surface area contributed by atoms with E-state index in [2.05, 4.69) is 102 Å². The van der Waals surface area contributed by atoms with E-state index in [4.69, 9.17) is 0 Å². The van der Waals surface area contributed by atoms with Crippen LogP contribution in [0.5, 0.6) is 0 Å². The number of carbonyl (C=O) groups is 2. The summed E-state index contributed by atoms with van der Waals surface area (Å²) in [5.74, 6) is -0.196. The van der Waals surface area contributed by atoms with Crippen molar-refractivity contribution in [1.29, 1.82) is 0 Å². The quantitative estimate of drug-likeness (QED) is 0.210. The number of para-hydroxylation sites is 3. The number of ketones is 2. The van der Waals surface area contributed by atoms with E-state index in [0.29, 0.717) is 22.3 Å². The summed E-state index contributed by atoms with van der Waals surface area (Å²) in [7, 11) is 0. The van der Waals surface area contributed by atoms with E-state index in [1.54, 1.807) is 12.1 Å². The highest BCUT2D eigenvalue weighted by molar-refractivity contribution is 6.29. The molecule has 0 atom stereocenters. The summed E-state index contributed by atoms with van der Waals surface area (Å²) in [6, 6.07) is 47.3. The molecule has 0 saturated heterocycles. The molecule has 0 bridgehead atoms. The van der Waals surface area contributed by atoms with Crippen LogP contribution < -0.4 is 4.90 Å². The molecule has 2 aliphatic carbocycles. The monoisotopic (exact) mass is 537 g/mol. The first-order chi connectivity index (χ1) is 20.7. The number of nitrogens with zero attached hydrogens (tertiary/aromatic N) is 1. The Hall–Kier alpha value is -5.54. The van der Waals surface area contributed by atoms with Crippen molar-refractivity contribution >= 4 is 28.6 Å². The highest BCUT2D eigenvalue weighted by Gasteiger charge is 2.52. The van der Waals surface area contributed by atoms with Crippen LogP contribution in [0.3, 0.4) is 0 Å². The minimum Gasteiger partial charge on any atom is -0.310 e. The lowest BCUT2D eigenvalue weighted by molar-refractivity contribution is 0.0979. The van der Waals surface area contributed by atoms with Crippen LogP contribution in [-0.2, 0) is 5.41 Å². The molecule has 0 amide bonds. The van der Waals surface area contributed by atoms with Gasteiger partial charge >= 0.3 is 0 Å². The lowest BCUT2D eigenvalue weighted by Crippen LogP contribution is -2.36. The van der Waals surface area contributed by atoms with Gasteiger partial charge in [0.05, 0.1) is 16.8 Å². The smallest absolute Gasteiger partial charge is 0.194 e. The highest BCUT2D eigenvalue weighted by Crippen LogP contribution is 2.63. The summed E-state index contributed by atoms with van der Waals surface area (Å²) in [4.78, 5) is 30.1. The van der Waals surface area contributed by atoms with Crippen molar-refractivity contribution in [2.75, 3.05) is 4.90 Å². The Labute approximate surface area is 243 Å². The number of benzene rings is 6. The molecule has 6 aromatic rings. The van der Waals surface area contributed by atoms with Crippen LogP contribution in [0.4, 0.5) is 17.1 Å². The van der Waals surface area contributed by atoms with Gasteiger partial charge in [-0.2, -0.15) is 0 Å². The van der Waals surface area contributed by atoms with E-state index in [9.17, 15) is 9.59 Å². The molecule has 0 unspecified atom stereocenters. The molecule has 3 aliphatic rings. The standard InChI is InChI=1S/C39H23NO2/c41-37-26-15-4-5-16-27(26)38(42)30-23-34-28(22-29(30)37)25-14-6-7-17-31(25)39(34)32-18-8-10-20-35(32)40(24-12-2-1-3-13-24)36-21-11-9-19-33(36)39/h1-23H. The third kappa shape index (κ3) is 2.75. The molecule has 3 heteroatoms. The van der Waals surface area contributed by atoms with Gasteiger partial charge < -0.3 is 4.90 Å². The first-order valence-corrected chi connectivity index (χ1v) is 14.2. The summed E-state index contributed by atoms with van der Waals surface area (Å²) in [6.07, 6.45) is 0. The lowest BCUT2D eigenvalue weighted by Gasteiger charge is -2.45. The highest BCUT2D eigenvalue weighted by atomic mass is 16.1. The summed E-state index contributed by atoms with van der Waals surface area (Å²) in [6.45, 7) is 0. The molecule has 0 N–H and O–H groups in total. The fourth-order valence-electron chi connectivity index (χ4n) is 7.55. The molecule has 0 fully saturated rings. The second kappa shape index (κ2) is 8.25. The zero-order valence-corrected chi connectivity index (χ0v) is 22.5. The number of carbonyl (C=O) groups excluding carboxylic acids is 2. The molecule has 6 aromatic carbocycles. The number of hydrogen-bond acceptors (Lipinski definition) is 3. The molecule has 0 radical (unpaired) electrons. The molecule has 9 rings (SSSR count). The second-order valence-electron chi connectivity index (χ2n) is 11.1. The van der Waals surface area contributed by atoms with Crippen molar-refractivity contribution in [3.8, 4) is 11.1 Å². The third-order valence-electron chi connectivity index (χ3n) is 9.20. The molecule has 0 aromatic heterocycles. The maximum Gasteiger partial charge on any atom is 0.194 e. The van der Waals surface area contributed by atoms with Gasteiger partial charge in [0.1, 0.15) is 0 Å². The average molecular weight is 538 g/mol. The van der Waals surface area contributed by atoms with Gasteiger partial charge in [-0.25, -0.2) is 0 Å². The largest absolute Gasteiger partial charge is 0.310 e. The normalized spacial score (nSPS) is 14.9. The first kappa shape index (κ1) is 23.2. The SMILES string of the molecule is O=C1c2ccccc2C(=O)c2cc3c(cc21)-c1ccccc1C31c2ccccc2N(c2ccccc2)c2ccccc21. The zero-order chi connectivity index (χ0) is 28.0. The maximum absolute atomic E-state index is 14.0. The molecule has 1 spiro atoms. The van der Waals surface area contributed by atoms with Crippen LogP contribution in [0.15, 0.2) is 140 Å². The number of fused-ring (bicyclic) bond motifs is 11. The van der Waals surface area contributed by atoms with Gasteiger partial charge in [0, 0.05) is 27.9 Å². The molecule has 196 valence electrons. The lowest BCUT2D eigenvalue weighted by atomic mass is 9.64. The first-order valence-electron chi connectivity index (χ1n) is 14.2. The fraction of sp³-hybridized carbons (Fsp3) is 0.0256. The van der Waals surface area contributed by atoms with Crippen molar-refractivity contribution in [3.63, 3.8) is 0 Å². The van der Waals surface area contributed by atoms with Crippen molar-refractivity contribution in [2.24, 2.45) is 0 Å². The Bertz CT molecular complexity index is 2100. The third-order valence-corrected chi connectivity index (χ3v) is 9.20. The Morgan fingerprint density at radius 3 is 1.48 bits per heavy atom. The minimum atomic E-state index is -0.667. The van der Waals surface area contributed by atoms with E-state index in [0.717, 1.165) is 50.4 Å². The number of hydrogen-bond donors (Lipinski definition) is 0. The van der Waals surface area contributed by atoms with Crippen LogP contribution in [-0.4, -0.2) is 11.6 Å². The zero-order valence-electron chi connectivity index (χ0n) is 22.5. The summed E-state index contributed by atoms with van der Waals surface area (Å²) in [5, 5.41) is 0. The summed E-state index contributed by atoms with van der Waals surface area (Å²) in [5.41, 5.74) is 11.1. The van der Waals surface area contributed by atoms with Gasteiger partial charge in [-0.15, -0.1) is 0 Å². The van der Waals surface area contributed by atoms with E-state index < -0.39 is 5.41 Å².